The van der Waals surface area contributed by atoms with Crippen LogP contribution >= 0.6 is 11.8 Å². The molecule has 0 amide bonds. The van der Waals surface area contributed by atoms with E-state index >= 15 is 0 Å². The number of ketones is 1. The Bertz CT molecular complexity index is 940. The maximum atomic E-state index is 13.5. The Morgan fingerprint density at radius 3 is 2.41 bits per heavy atom. The first-order valence-corrected chi connectivity index (χ1v) is 15.5. The van der Waals surface area contributed by atoms with Gasteiger partial charge in [0.2, 0.25) is 0 Å². The van der Waals surface area contributed by atoms with Gasteiger partial charge in [-0.1, -0.05) is 33.8 Å². The lowest BCUT2D eigenvalue weighted by Gasteiger charge is -2.61. The van der Waals surface area contributed by atoms with Crippen LogP contribution < -0.4 is 5.73 Å². The number of aliphatic carboxylic acids is 1. The normalized spacial score (nSPS) is 45.6. The molecule has 39 heavy (non-hydrogen) atoms. The van der Waals surface area contributed by atoms with Crippen LogP contribution in [0.1, 0.15) is 86.0 Å². The van der Waals surface area contributed by atoms with Crippen molar-refractivity contribution in [2.24, 2.45) is 39.7 Å². The quantitative estimate of drug-likeness (QED) is 0.286. The number of carboxylic acids is 1. The Kier molecular flexibility index (Phi) is 10.1. The first-order valence-electron chi connectivity index (χ1n) is 14.4. The highest BCUT2D eigenvalue weighted by Gasteiger charge is 2.68. The summed E-state index contributed by atoms with van der Waals surface area (Å²) in [6, 6.07) is 0.0195. The van der Waals surface area contributed by atoms with Gasteiger partial charge in [0.1, 0.15) is 11.9 Å². The maximum Gasteiger partial charge on any atom is 0.316 e. The van der Waals surface area contributed by atoms with Crippen LogP contribution in [0.2, 0.25) is 0 Å². The monoisotopic (exact) mass is 567 g/mol. The molecular weight excluding hydrogens is 518 g/mol. The van der Waals surface area contributed by atoms with Crippen molar-refractivity contribution in [3.05, 3.63) is 12.7 Å². The van der Waals surface area contributed by atoms with Crippen molar-refractivity contribution >= 4 is 29.5 Å². The molecule has 8 nitrogen and oxygen atoms in total. The van der Waals surface area contributed by atoms with Crippen LogP contribution in [0.5, 0.6) is 0 Å². The predicted octanol–water partition coefficient (Wildman–Crippen LogP) is 3.96. The molecule has 2 bridgehead atoms. The van der Waals surface area contributed by atoms with E-state index in [1.165, 1.54) is 11.8 Å². The number of carboxylic acid groups (broad SMARTS) is 1. The summed E-state index contributed by atoms with van der Waals surface area (Å²) in [7, 11) is 0. The van der Waals surface area contributed by atoms with E-state index in [2.05, 4.69) is 27.4 Å². The van der Waals surface area contributed by atoms with Gasteiger partial charge in [0.05, 0.1) is 18.0 Å². The fourth-order valence-electron chi connectivity index (χ4n) is 8.21. The average molecular weight is 568 g/mol. The SMILES string of the molecule is C=C[C@]1(C)C[C@@H](OC(=O)CS[C@@H]2CC[C@@H](N)C[C@H]2O)C2(C)[C@H](C)CCC3(CCC(=O)[C@H]32)[C@@H](C)[C@@H]1O.CC(=O)O. The van der Waals surface area contributed by atoms with E-state index in [4.69, 9.17) is 20.4 Å². The van der Waals surface area contributed by atoms with Crippen molar-refractivity contribution in [1.82, 2.24) is 0 Å². The second-order valence-electron chi connectivity index (χ2n) is 13.1. The van der Waals surface area contributed by atoms with Crippen LogP contribution in [-0.4, -0.2) is 68.4 Å². The molecule has 0 saturated heterocycles. The van der Waals surface area contributed by atoms with Crippen LogP contribution in [0.15, 0.2) is 12.7 Å². The van der Waals surface area contributed by atoms with Gasteiger partial charge in [-0.15, -0.1) is 18.3 Å². The van der Waals surface area contributed by atoms with Crippen molar-refractivity contribution in [2.45, 2.75) is 116 Å². The average Bonchev–Trinajstić information content (AvgIpc) is 3.21. The standard InChI is InChI=1S/C28H45NO5S.C2H4O2/c1-6-26(4)14-22(34-23(32)15-35-21-8-7-18(29)13-20(21)31)27(5)16(2)9-11-28(17(3)25(26)33)12-10-19(30)24(27)28;1-2(3)4/h6,16-18,20-22,24-25,31,33H,1,7-15,29H2,2-5H3;1H3,(H,3,4)/t16-,17+,18-,20-,21-,22-,24+,25+,26-,27?,28?;/m1./s1. The van der Waals surface area contributed by atoms with E-state index in [-0.39, 0.29) is 52.0 Å². The van der Waals surface area contributed by atoms with Crippen LogP contribution in [0, 0.1) is 34.0 Å². The zero-order valence-electron chi connectivity index (χ0n) is 24.2. The molecule has 4 aliphatic rings. The molecule has 0 aromatic rings. The molecule has 0 heterocycles. The van der Waals surface area contributed by atoms with Crippen LogP contribution in [-0.2, 0) is 19.1 Å². The van der Waals surface area contributed by atoms with Gasteiger partial charge < -0.3 is 25.8 Å². The number of nitrogens with two attached hydrogens (primary N) is 1. The molecule has 4 saturated carbocycles. The van der Waals surface area contributed by atoms with E-state index in [1.54, 1.807) is 0 Å². The third kappa shape index (κ3) is 6.11. The zero-order valence-corrected chi connectivity index (χ0v) is 25.0. The van der Waals surface area contributed by atoms with Gasteiger partial charge in [0, 0.05) is 41.4 Å². The van der Waals surface area contributed by atoms with Crippen molar-refractivity contribution < 1.29 is 34.4 Å². The number of aliphatic hydroxyl groups is 2. The topological polar surface area (TPSA) is 147 Å². The summed E-state index contributed by atoms with van der Waals surface area (Å²) in [6.07, 6.45) is 6.01. The molecule has 2 unspecified atom stereocenters. The van der Waals surface area contributed by atoms with Crippen molar-refractivity contribution in [2.75, 3.05) is 5.75 Å². The number of rotatable bonds is 5. The molecular formula is C30H49NO7S. The van der Waals surface area contributed by atoms with Crippen LogP contribution in [0.25, 0.3) is 0 Å². The maximum absolute atomic E-state index is 13.5. The molecule has 0 aromatic heterocycles. The van der Waals surface area contributed by atoms with Gasteiger partial charge in [0.25, 0.3) is 5.97 Å². The predicted molar refractivity (Wildman–Crippen MR) is 152 cm³/mol. The summed E-state index contributed by atoms with van der Waals surface area (Å²) in [5, 5.41) is 29.4. The number of thioether (sulfide) groups is 1. The Labute approximate surface area is 237 Å². The van der Waals surface area contributed by atoms with E-state index in [0.717, 1.165) is 39.0 Å². The summed E-state index contributed by atoms with van der Waals surface area (Å²) >= 11 is 1.45. The lowest BCUT2D eigenvalue weighted by atomic mass is 9.44. The Morgan fingerprint density at radius 2 is 1.82 bits per heavy atom. The Hall–Kier alpha value is -1.42. The summed E-state index contributed by atoms with van der Waals surface area (Å²) in [6.45, 7) is 13.6. The van der Waals surface area contributed by atoms with Crippen molar-refractivity contribution in [1.29, 1.82) is 0 Å². The minimum absolute atomic E-state index is 0.0194. The van der Waals surface area contributed by atoms with E-state index in [1.807, 2.05) is 13.0 Å². The van der Waals surface area contributed by atoms with Gasteiger partial charge in [-0.3, -0.25) is 14.4 Å². The van der Waals surface area contributed by atoms with Gasteiger partial charge in [-0.05, 0) is 62.2 Å². The highest BCUT2D eigenvalue weighted by atomic mass is 32.2. The number of ether oxygens (including phenoxy) is 1. The van der Waals surface area contributed by atoms with E-state index in [0.29, 0.717) is 19.3 Å². The molecule has 4 aliphatic carbocycles. The second-order valence-corrected chi connectivity index (χ2v) is 14.3. The number of Topliss-reactive ketones (excluding diaryl/α,β-unsaturated/α-hetero) is 1. The van der Waals surface area contributed by atoms with Crippen molar-refractivity contribution in [3.8, 4) is 0 Å². The van der Waals surface area contributed by atoms with Crippen molar-refractivity contribution in [3.63, 3.8) is 0 Å². The van der Waals surface area contributed by atoms with Gasteiger partial charge in [-0.25, -0.2) is 0 Å². The number of carbonyl (C=O) groups is 3. The smallest absolute Gasteiger partial charge is 0.316 e. The molecule has 222 valence electrons. The summed E-state index contributed by atoms with van der Waals surface area (Å²) in [5.74, 6) is -0.772. The fraction of sp³-hybridized carbons (Fsp3) is 0.833. The molecule has 4 fully saturated rings. The van der Waals surface area contributed by atoms with Crippen LogP contribution in [0.3, 0.4) is 0 Å². The highest BCUT2D eigenvalue weighted by molar-refractivity contribution is 8.00. The molecule has 5 N–H and O–H groups in total. The Morgan fingerprint density at radius 1 is 1.18 bits per heavy atom. The number of esters is 1. The summed E-state index contributed by atoms with van der Waals surface area (Å²) < 4.78 is 6.29. The van der Waals surface area contributed by atoms with E-state index in [9.17, 15) is 19.8 Å². The third-order valence-electron chi connectivity index (χ3n) is 10.8. The zero-order chi connectivity index (χ0) is 29.3. The lowest BCUT2D eigenvalue weighted by molar-refractivity contribution is -0.205. The number of carbonyl (C=O) groups excluding carboxylic acids is 2. The van der Waals surface area contributed by atoms with E-state index < -0.39 is 35.1 Å². The summed E-state index contributed by atoms with van der Waals surface area (Å²) in [4.78, 5) is 35.7. The minimum Gasteiger partial charge on any atom is -0.481 e. The van der Waals surface area contributed by atoms with Gasteiger partial charge in [-0.2, -0.15) is 0 Å². The minimum atomic E-state index is -0.833. The lowest BCUT2D eigenvalue weighted by Crippen LogP contribution is -2.63. The molecule has 0 aromatic carbocycles. The molecule has 0 radical (unpaired) electrons. The molecule has 9 heteroatoms. The largest absolute Gasteiger partial charge is 0.481 e. The summed E-state index contributed by atoms with van der Waals surface area (Å²) in [5.41, 5.74) is 4.57. The highest BCUT2D eigenvalue weighted by Crippen LogP contribution is 2.68. The molecule has 11 atom stereocenters. The fourth-order valence-corrected chi connectivity index (χ4v) is 9.27. The third-order valence-corrected chi connectivity index (χ3v) is 12.2. The number of hydrogen-bond acceptors (Lipinski definition) is 8. The number of hydrogen-bond donors (Lipinski definition) is 4. The van der Waals surface area contributed by atoms with Gasteiger partial charge >= 0.3 is 5.97 Å². The number of aliphatic hydroxyl groups excluding tert-OH is 2. The molecule has 0 spiro atoms. The molecule has 0 aliphatic heterocycles. The van der Waals surface area contributed by atoms with Crippen LogP contribution in [0.4, 0.5) is 0 Å². The first-order chi connectivity index (χ1) is 18.1. The molecule has 4 rings (SSSR count). The van der Waals surface area contributed by atoms with Gasteiger partial charge in [0.15, 0.2) is 0 Å². The Balaban J connectivity index is 0.000000983. The first kappa shape index (κ1) is 32.1. The second kappa shape index (κ2) is 12.2.